The summed E-state index contributed by atoms with van der Waals surface area (Å²) in [5.41, 5.74) is 0.542. The predicted molar refractivity (Wildman–Crippen MR) is 119 cm³/mol. The molecule has 1 aromatic carbocycles. The molecule has 2 saturated heterocycles. The van der Waals surface area contributed by atoms with Crippen LogP contribution in [0.15, 0.2) is 40.8 Å². The van der Waals surface area contributed by atoms with Crippen LogP contribution < -0.4 is 5.32 Å². The number of nitrogens with one attached hydrogen (secondary N) is 1. The van der Waals surface area contributed by atoms with Crippen LogP contribution in [0.3, 0.4) is 0 Å². The third-order valence-electron chi connectivity index (χ3n) is 5.68. The van der Waals surface area contributed by atoms with E-state index in [0.29, 0.717) is 28.8 Å². The number of aryl methyl sites for hydroxylation is 1. The Kier molecular flexibility index (Phi) is 6.71. The van der Waals surface area contributed by atoms with Crippen molar-refractivity contribution in [2.24, 2.45) is 0 Å². The van der Waals surface area contributed by atoms with Crippen LogP contribution in [0, 0.1) is 6.92 Å². The second-order valence-corrected chi connectivity index (χ2v) is 9.19. The second kappa shape index (κ2) is 9.45. The lowest BCUT2D eigenvalue weighted by Gasteiger charge is -2.28. The molecule has 2 aromatic rings. The van der Waals surface area contributed by atoms with Gasteiger partial charge < -0.3 is 14.6 Å². The number of rotatable bonds is 6. The van der Waals surface area contributed by atoms with Crippen LogP contribution in [0.4, 0.5) is 0 Å². The molecule has 4 rings (SSSR count). The summed E-state index contributed by atoms with van der Waals surface area (Å²) < 4.78 is 5.87. The van der Waals surface area contributed by atoms with E-state index in [1.54, 1.807) is 40.9 Å². The fourth-order valence-corrected chi connectivity index (χ4v) is 5.31. The molecule has 8 heteroatoms. The van der Waals surface area contributed by atoms with Crippen molar-refractivity contribution in [3.63, 3.8) is 0 Å². The summed E-state index contributed by atoms with van der Waals surface area (Å²) in [6, 6.07) is 10.3. The maximum atomic E-state index is 13.0. The number of carbonyl (C=O) groups is 2. The number of amides is 2. The first-order chi connectivity index (χ1) is 14.5. The minimum Gasteiger partial charge on any atom is -0.465 e. The molecule has 160 valence electrons. The van der Waals surface area contributed by atoms with Crippen molar-refractivity contribution in [1.82, 2.24) is 15.1 Å². The zero-order valence-corrected chi connectivity index (χ0v) is 18.5. The van der Waals surface area contributed by atoms with E-state index in [9.17, 15) is 9.59 Å². The van der Waals surface area contributed by atoms with Gasteiger partial charge in [-0.3, -0.25) is 14.5 Å². The molecule has 0 saturated carbocycles. The van der Waals surface area contributed by atoms with Crippen molar-refractivity contribution in [1.29, 1.82) is 0 Å². The average molecular weight is 448 g/mol. The Morgan fingerprint density at radius 2 is 1.93 bits per heavy atom. The van der Waals surface area contributed by atoms with Crippen LogP contribution in [-0.4, -0.2) is 58.9 Å². The minimum absolute atomic E-state index is 0.0135. The molecule has 3 heterocycles. The summed E-state index contributed by atoms with van der Waals surface area (Å²) >= 11 is 7.52. The molecule has 2 aliphatic heterocycles. The number of nitrogens with zero attached hydrogens (tertiary/aromatic N) is 2. The van der Waals surface area contributed by atoms with E-state index in [-0.39, 0.29) is 17.9 Å². The first-order valence-electron chi connectivity index (χ1n) is 10.3. The standard InChI is InChI=1S/C22H26ClN3O3S/c1-15-4-9-20(29-15)18(25-10-2-3-11-25)12-24-21(27)19-13-30-14-26(19)22(28)16-5-7-17(23)8-6-16/h4-9,18-19H,2-3,10-14H2,1H3,(H,24,27). The minimum atomic E-state index is -0.476. The van der Waals surface area contributed by atoms with Crippen LogP contribution in [0.2, 0.25) is 5.02 Å². The second-order valence-electron chi connectivity index (χ2n) is 7.75. The number of thioether (sulfide) groups is 1. The quantitative estimate of drug-likeness (QED) is 0.731. The van der Waals surface area contributed by atoms with Gasteiger partial charge in [0.05, 0.1) is 11.9 Å². The van der Waals surface area contributed by atoms with Gasteiger partial charge in [0, 0.05) is 22.9 Å². The molecular weight excluding hydrogens is 422 g/mol. The van der Waals surface area contributed by atoms with Crippen molar-refractivity contribution in [2.75, 3.05) is 31.3 Å². The Morgan fingerprint density at radius 1 is 1.20 bits per heavy atom. The van der Waals surface area contributed by atoms with Crippen molar-refractivity contribution < 1.29 is 14.0 Å². The smallest absolute Gasteiger partial charge is 0.255 e. The van der Waals surface area contributed by atoms with Gasteiger partial charge in [-0.05, 0) is 69.3 Å². The van der Waals surface area contributed by atoms with Crippen LogP contribution in [0.5, 0.6) is 0 Å². The van der Waals surface area contributed by atoms with Gasteiger partial charge >= 0.3 is 0 Å². The van der Waals surface area contributed by atoms with Gasteiger partial charge in [0.1, 0.15) is 17.6 Å². The third kappa shape index (κ3) is 4.68. The number of benzene rings is 1. The van der Waals surface area contributed by atoms with Gasteiger partial charge in [0.2, 0.25) is 5.91 Å². The van der Waals surface area contributed by atoms with Crippen LogP contribution in [0.25, 0.3) is 0 Å². The lowest BCUT2D eigenvalue weighted by molar-refractivity contribution is -0.124. The van der Waals surface area contributed by atoms with E-state index in [2.05, 4.69) is 10.2 Å². The molecular formula is C22H26ClN3O3S. The summed E-state index contributed by atoms with van der Waals surface area (Å²) in [5.74, 6) is 2.59. The van der Waals surface area contributed by atoms with E-state index in [1.165, 1.54) is 0 Å². The number of hydrogen-bond acceptors (Lipinski definition) is 5. The lowest BCUT2D eigenvalue weighted by Crippen LogP contribution is -2.49. The van der Waals surface area contributed by atoms with E-state index in [0.717, 1.165) is 37.5 Å². The van der Waals surface area contributed by atoms with E-state index < -0.39 is 6.04 Å². The van der Waals surface area contributed by atoms with Crippen LogP contribution in [-0.2, 0) is 4.79 Å². The topological polar surface area (TPSA) is 65.8 Å². The van der Waals surface area contributed by atoms with Crippen molar-refractivity contribution in [3.05, 3.63) is 58.5 Å². The zero-order valence-electron chi connectivity index (χ0n) is 17.0. The molecule has 2 unspecified atom stereocenters. The van der Waals surface area contributed by atoms with Gasteiger partial charge in [-0.2, -0.15) is 0 Å². The van der Waals surface area contributed by atoms with Crippen LogP contribution in [0.1, 0.15) is 40.8 Å². The maximum Gasteiger partial charge on any atom is 0.255 e. The summed E-state index contributed by atoms with van der Waals surface area (Å²) in [4.78, 5) is 29.9. The highest BCUT2D eigenvalue weighted by molar-refractivity contribution is 7.99. The maximum absolute atomic E-state index is 13.0. The summed E-state index contributed by atoms with van der Waals surface area (Å²) in [6.07, 6.45) is 2.32. The van der Waals surface area contributed by atoms with Gasteiger partial charge in [-0.25, -0.2) is 0 Å². The van der Waals surface area contributed by atoms with Crippen LogP contribution >= 0.6 is 23.4 Å². The Morgan fingerprint density at radius 3 is 2.60 bits per heavy atom. The zero-order chi connectivity index (χ0) is 21.1. The third-order valence-corrected chi connectivity index (χ3v) is 6.94. The largest absolute Gasteiger partial charge is 0.465 e. The van der Waals surface area contributed by atoms with E-state index >= 15 is 0 Å². The van der Waals surface area contributed by atoms with Crippen molar-refractivity contribution in [3.8, 4) is 0 Å². The van der Waals surface area contributed by atoms with Gasteiger partial charge in [0.25, 0.3) is 5.91 Å². The van der Waals surface area contributed by atoms with Crippen molar-refractivity contribution >= 4 is 35.2 Å². The van der Waals surface area contributed by atoms with Gasteiger partial charge in [-0.15, -0.1) is 11.8 Å². The molecule has 0 spiro atoms. The molecule has 0 bridgehead atoms. The van der Waals surface area contributed by atoms with Crippen molar-refractivity contribution in [2.45, 2.75) is 31.8 Å². The van der Waals surface area contributed by atoms with Gasteiger partial charge in [-0.1, -0.05) is 11.6 Å². The fraction of sp³-hybridized carbons (Fsp3) is 0.455. The summed E-state index contributed by atoms with van der Waals surface area (Å²) in [6.45, 7) is 4.40. The van der Waals surface area contributed by atoms with E-state index in [1.807, 2.05) is 19.1 Å². The monoisotopic (exact) mass is 447 g/mol. The Hall–Kier alpha value is -1.96. The lowest BCUT2D eigenvalue weighted by atomic mass is 10.1. The molecule has 6 nitrogen and oxygen atoms in total. The average Bonchev–Trinajstić information content (AvgIpc) is 3.50. The Labute approximate surface area is 185 Å². The summed E-state index contributed by atoms with van der Waals surface area (Å²) in [7, 11) is 0. The molecule has 1 N–H and O–H groups in total. The molecule has 2 amide bonds. The molecule has 0 aliphatic carbocycles. The number of hydrogen-bond donors (Lipinski definition) is 1. The fourth-order valence-electron chi connectivity index (χ4n) is 4.03. The first kappa shape index (κ1) is 21.3. The molecule has 30 heavy (non-hydrogen) atoms. The number of carbonyl (C=O) groups excluding carboxylic acids is 2. The Bertz CT molecular complexity index is 895. The number of likely N-dealkylation sites (tertiary alicyclic amines) is 1. The Balaban J connectivity index is 1.42. The number of halogens is 1. The highest BCUT2D eigenvalue weighted by Gasteiger charge is 2.36. The summed E-state index contributed by atoms with van der Waals surface area (Å²) in [5, 5.41) is 3.67. The highest BCUT2D eigenvalue weighted by Crippen LogP contribution is 2.27. The molecule has 2 aliphatic rings. The number of furan rings is 1. The van der Waals surface area contributed by atoms with Gasteiger partial charge in [0.15, 0.2) is 0 Å². The predicted octanol–water partition coefficient (Wildman–Crippen LogP) is 3.71. The normalized spacial score (nSPS) is 20.5. The van der Waals surface area contributed by atoms with E-state index in [4.69, 9.17) is 16.0 Å². The highest BCUT2D eigenvalue weighted by atomic mass is 35.5. The molecule has 1 aromatic heterocycles. The molecule has 2 fully saturated rings. The SMILES string of the molecule is Cc1ccc(C(CNC(=O)C2CSCN2C(=O)c2ccc(Cl)cc2)N2CCCC2)o1. The molecule has 2 atom stereocenters. The first-order valence-corrected chi connectivity index (χ1v) is 11.8. The molecule has 0 radical (unpaired) electrons.